The van der Waals surface area contributed by atoms with E-state index in [0.717, 1.165) is 0 Å². The Kier molecular flexibility index (Phi) is 8.63. The molecule has 0 saturated carbocycles. The molecular weight excluding hydrogens is 454 g/mol. The zero-order valence-electron chi connectivity index (χ0n) is 17.7. The predicted octanol–water partition coefficient (Wildman–Crippen LogP) is 3.74. The Morgan fingerprint density at radius 2 is 1.75 bits per heavy atom. The van der Waals surface area contributed by atoms with Gasteiger partial charge in [-0.1, -0.05) is 12.1 Å². The average molecular weight is 479 g/mol. The molecule has 0 aliphatic carbocycles. The van der Waals surface area contributed by atoms with E-state index in [1.165, 1.54) is 43.5 Å². The molecule has 1 atom stereocenters. The molecule has 0 heterocycles. The van der Waals surface area contributed by atoms with Crippen molar-refractivity contribution < 1.29 is 40.6 Å². The van der Waals surface area contributed by atoms with Crippen molar-refractivity contribution in [1.82, 2.24) is 4.72 Å². The van der Waals surface area contributed by atoms with E-state index < -0.39 is 35.3 Å². The van der Waals surface area contributed by atoms with Gasteiger partial charge < -0.3 is 14.6 Å². The Balaban J connectivity index is 1.99. The fourth-order valence-electron chi connectivity index (χ4n) is 2.80. The van der Waals surface area contributed by atoms with Crippen molar-refractivity contribution in [3.8, 4) is 5.75 Å². The summed E-state index contributed by atoms with van der Waals surface area (Å²) in [5.74, 6) is -4.25. The molecule has 0 fully saturated rings. The second kappa shape index (κ2) is 10.6. The first-order chi connectivity index (χ1) is 14.9. The molecule has 2 rings (SSSR count). The lowest BCUT2D eigenvalue weighted by atomic mass is 10.0. The second-order valence-electron chi connectivity index (χ2n) is 7.18. The van der Waals surface area contributed by atoms with Gasteiger partial charge >= 0.3 is 12.3 Å². The number of aliphatic hydroxyl groups is 1. The Morgan fingerprint density at radius 1 is 1.12 bits per heavy atom. The Bertz CT molecular complexity index is 1010. The summed E-state index contributed by atoms with van der Waals surface area (Å²) < 4.78 is 87.5. The molecule has 6 nitrogen and oxygen atoms in total. The predicted molar refractivity (Wildman–Crippen MR) is 110 cm³/mol. The number of rotatable bonds is 11. The van der Waals surface area contributed by atoms with Crippen molar-refractivity contribution in [2.24, 2.45) is 0 Å². The lowest BCUT2D eigenvalue weighted by Gasteiger charge is -2.17. The van der Waals surface area contributed by atoms with Gasteiger partial charge in [0.2, 0.25) is 10.0 Å². The molecule has 2 N–H and O–H groups in total. The maximum atomic E-state index is 12.9. The third kappa shape index (κ3) is 6.64. The SMILES string of the molecule is COC(O)c1cc(S(=O)(=O)NCCc2ccc(OCC(F)(F)C(F)F)cc2)cc(C)c1C. The number of aryl methyl sites for hydroxylation is 1. The van der Waals surface area contributed by atoms with Gasteiger partial charge in [0.15, 0.2) is 12.9 Å². The average Bonchev–Trinajstić information content (AvgIpc) is 2.74. The molecule has 0 spiro atoms. The minimum absolute atomic E-state index is 0.00554. The Morgan fingerprint density at radius 3 is 2.31 bits per heavy atom. The molecule has 0 bridgehead atoms. The van der Waals surface area contributed by atoms with Gasteiger partial charge in [-0.05, 0) is 61.2 Å². The monoisotopic (exact) mass is 479 g/mol. The summed E-state index contributed by atoms with van der Waals surface area (Å²) in [5, 5.41) is 9.96. The van der Waals surface area contributed by atoms with Gasteiger partial charge in [-0.25, -0.2) is 21.9 Å². The van der Waals surface area contributed by atoms with Crippen LogP contribution in [0.25, 0.3) is 0 Å². The summed E-state index contributed by atoms with van der Waals surface area (Å²) in [4.78, 5) is -0.0181. The summed E-state index contributed by atoms with van der Waals surface area (Å²) in [6, 6.07) is 8.56. The summed E-state index contributed by atoms with van der Waals surface area (Å²) in [6.45, 7) is 2.07. The van der Waals surface area contributed by atoms with Crippen LogP contribution in [0.15, 0.2) is 41.3 Å². The maximum Gasteiger partial charge on any atom is 0.340 e. The van der Waals surface area contributed by atoms with Crippen molar-refractivity contribution in [3.05, 3.63) is 58.7 Å². The van der Waals surface area contributed by atoms with Crippen molar-refractivity contribution in [3.63, 3.8) is 0 Å². The van der Waals surface area contributed by atoms with E-state index in [9.17, 15) is 31.1 Å². The van der Waals surface area contributed by atoms with Crippen LogP contribution in [-0.2, 0) is 21.2 Å². The normalized spacial score (nSPS) is 13.4. The smallest absolute Gasteiger partial charge is 0.340 e. The van der Waals surface area contributed by atoms with E-state index in [-0.39, 0.29) is 23.6 Å². The van der Waals surface area contributed by atoms with Crippen LogP contribution in [-0.4, -0.2) is 46.1 Å². The molecule has 1 unspecified atom stereocenters. The molecule has 0 amide bonds. The number of alkyl halides is 4. The number of ether oxygens (including phenoxy) is 2. The maximum absolute atomic E-state index is 12.9. The molecule has 2 aromatic rings. The van der Waals surface area contributed by atoms with E-state index in [1.54, 1.807) is 13.8 Å². The standard InChI is InChI=1S/C21H25F4NO5S/c1-13-10-17(11-18(14(13)2)19(27)30-3)32(28,29)26-9-8-15-4-6-16(7-5-15)31-12-21(24,25)20(22)23/h4-7,10-11,19-20,26-27H,8-9,12H2,1-3H3. The molecule has 0 radical (unpaired) electrons. The van der Waals surface area contributed by atoms with Crippen LogP contribution >= 0.6 is 0 Å². The zero-order valence-corrected chi connectivity index (χ0v) is 18.6. The highest BCUT2D eigenvalue weighted by molar-refractivity contribution is 7.89. The summed E-state index contributed by atoms with van der Waals surface area (Å²) in [5.41, 5.74) is 2.41. The van der Waals surface area contributed by atoms with Crippen LogP contribution in [0.4, 0.5) is 17.6 Å². The quantitative estimate of drug-likeness (QED) is 0.379. The fraction of sp³-hybridized carbons (Fsp3) is 0.429. The first kappa shape index (κ1) is 26.0. The van der Waals surface area contributed by atoms with E-state index in [4.69, 9.17) is 9.47 Å². The molecule has 0 aliphatic rings. The minimum Gasteiger partial charge on any atom is -0.487 e. The molecular formula is C21H25F4NO5S. The van der Waals surface area contributed by atoms with Crippen LogP contribution in [0.3, 0.4) is 0 Å². The van der Waals surface area contributed by atoms with Gasteiger partial charge in [-0.2, -0.15) is 8.78 Å². The van der Waals surface area contributed by atoms with Gasteiger partial charge in [0.1, 0.15) is 5.75 Å². The van der Waals surface area contributed by atoms with Crippen molar-refractivity contribution in [2.75, 3.05) is 20.3 Å². The topological polar surface area (TPSA) is 84.9 Å². The lowest BCUT2D eigenvalue weighted by Crippen LogP contribution is -2.33. The van der Waals surface area contributed by atoms with Crippen LogP contribution in [0, 0.1) is 13.8 Å². The highest BCUT2D eigenvalue weighted by Gasteiger charge is 2.41. The van der Waals surface area contributed by atoms with E-state index in [2.05, 4.69) is 4.72 Å². The highest BCUT2D eigenvalue weighted by Crippen LogP contribution is 2.26. The number of hydrogen-bond acceptors (Lipinski definition) is 5. The summed E-state index contributed by atoms with van der Waals surface area (Å²) in [7, 11) is -2.57. The van der Waals surface area contributed by atoms with Crippen LogP contribution in [0.1, 0.15) is 28.5 Å². The first-order valence-electron chi connectivity index (χ1n) is 9.57. The molecule has 2 aromatic carbocycles. The van der Waals surface area contributed by atoms with Crippen LogP contribution < -0.4 is 9.46 Å². The molecule has 32 heavy (non-hydrogen) atoms. The Labute approximate surface area is 184 Å². The number of hydrogen-bond donors (Lipinski definition) is 2. The third-order valence-corrected chi connectivity index (χ3v) is 6.30. The van der Waals surface area contributed by atoms with Gasteiger partial charge in [0.25, 0.3) is 0 Å². The summed E-state index contributed by atoms with van der Waals surface area (Å²) in [6.07, 6.45) is -4.79. The molecule has 0 saturated heterocycles. The summed E-state index contributed by atoms with van der Waals surface area (Å²) >= 11 is 0. The van der Waals surface area contributed by atoms with E-state index in [0.29, 0.717) is 22.3 Å². The minimum atomic E-state index is -4.25. The molecule has 178 valence electrons. The first-order valence-corrected chi connectivity index (χ1v) is 11.0. The number of aliphatic hydroxyl groups excluding tert-OH is 1. The van der Waals surface area contributed by atoms with Gasteiger partial charge in [-0.15, -0.1) is 0 Å². The fourth-order valence-corrected chi connectivity index (χ4v) is 3.95. The molecule has 0 aromatic heterocycles. The van der Waals surface area contributed by atoms with Crippen molar-refractivity contribution in [2.45, 2.75) is 43.8 Å². The number of benzene rings is 2. The lowest BCUT2D eigenvalue weighted by molar-refractivity contribution is -0.148. The molecule has 0 aliphatic heterocycles. The van der Waals surface area contributed by atoms with Crippen molar-refractivity contribution in [1.29, 1.82) is 0 Å². The van der Waals surface area contributed by atoms with Gasteiger partial charge in [0, 0.05) is 19.2 Å². The van der Waals surface area contributed by atoms with E-state index in [1.807, 2.05) is 0 Å². The Hall–Kier alpha value is -2.21. The zero-order chi connectivity index (χ0) is 24.1. The largest absolute Gasteiger partial charge is 0.487 e. The number of methoxy groups -OCH3 is 1. The van der Waals surface area contributed by atoms with Gasteiger partial charge in [0.05, 0.1) is 4.90 Å². The van der Waals surface area contributed by atoms with E-state index >= 15 is 0 Å². The van der Waals surface area contributed by atoms with Crippen LogP contribution in [0.2, 0.25) is 0 Å². The number of sulfonamides is 1. The van der Waals surface area contributed by atoms with Crippen molar-refractivity contribution >= 4 is 10.0 Å². The van der Waals surface area contributed by atoms with Crippen LogP contribution in [0.5, 0.6) is 5.75 Å². The third-order valence-electron chi connectivity index (χ3n) is 4.86. The molecule has 11 heteroatoms. The number of nitrogens with one attached hydrogen (secondary N) is 1. The second-order valence-corrected chi connectivity index (χ2v) is 8.95. The highest BCUT2D eigenvalue weighted by atomic mass is 32.2. The number of halogens is 4. The van der Waals surface area contributed by atoms with Gasteiger partial charge in [-0.3, -0.25) is 0 Å².